The predicted octanol–water partition coefficient (Wildman–Crippen LogP) is 1.34. The van der Waals surface area contributed by atoms with Crippen molar-refractivity contribution >= 4 is 27.7 Å². The Labute approximate surface area is 153 Å². The lowest BCUT2D eigenvalue weighted by molar-refractivity contribution is -0.270. The van der Waals surface area contributed by atoms with Crippen molar-refractivity contribution in [2.24, 2.45) is 7.05 Å². The monoisotopic (exact) mass is 370 g/mol. The first-order valence-electron chi connectivity index (χ1n) is 8.37. The number of fused-ring (bicyclic) bond motifs is 1. The highest BCUT2D eigenvalue weighted by atomic mass is 32.2. The van der Waals surface area contributed by atoms with E-state index in [4.69, 9.17) is 4.42 Å². The lowest BCUT2D eigenvalue weighted by atomic mass is 10.2. The largest absolute Gasteiger partial charge is 0.868 e. The van der Waals surface area contributed by atoms with Crippen LogP contribution in [0.25, 0.3) is 10.9 Å². The summed E-state index contributed by atoms with van der Waals surface area (Å²) in [7, 11) is 1.25. The molecule has 134 valence electrons. The Morgan fingerprint density at radius 1 is 1.15 bits per heavy atom. The first-order valence-corrected chi connectivity index (χ1v) is 9.93. The Hall–Kier alpha value is -2.67. The predicted molar refractivity (Wildman–Crippen MR) is 98.6 cm³/mol. The van der Waals surface area contributed by atoms with Crippen LogP contribution in [0.1, 0.15) is 10.6 Å². The molecule has 0 unspecified atom stereocenters. The Balaban J connectivity index is 1.62. The van der Waals surface area contributed by atoms with E-state index in [1.165, 1.54) is 6.26 Å². The summed E-state index contributed by atoms with van der Waals surface area (Å²) in [5.41, 5.74) is 0.435. The number of pyridine rings is 1. The van der Waals surface area contributed by atoms with Crippen molar-refractivity contribution in [2.45, 2.75) is 4.90 Å². The lowest BCUT2D eigenvalue weighted by Gasteiger charge is -2.27. The number of nitrogens with zero attached hydrogens (tertiary/aromatic N) is 2. The first kappa shape index (κ1) is 16.8. The molecule has 0 bridgehead atoms. The second kappa shape index (κ2) is 6.57. The molecule has 26 heavy (non-hydrogen) atoms. The fourth-order valence-corrected chi connectivity index (χ4v) is 5.56. The highest BCUT2D eigenvalue weighted by Gasteiger charge is 2.35. The highest BCUT2D eigenvalue weighted by Crippen LogP contribution is 2.29. The molecular weight excluding hydrogens is 352 g/mol. The fourth-order valence-electron chi connectivity index (χ4n) is 3.31. The van der Waals surface area contributed by atoms with Gasteiger partial charge in [-0.1, -0.05) is 18.2 Å². The van der Waals surface area contributed by atoms with Gasteiger partial charge in [-0.3, -0.25) is 9.59 Å². The van der Waals surface area contributed by atoms with Gasteiger partial charge in [0.2, 0.25) is 4.90 Å². The molecule has 2 aromatic heterocycles. The van der Waals surface area contributed by atoms with Crippen LogP contribution < -0.4 is 10.7 Å². The van der Waals surface area contributed by atoms with Crippen LogP contribution in [0.2, 0.25) is 0 Å². The van der Waals surface area contributed by atoms with Gasteiger partial charge < -0.3 is 19.0 Å². The summed E-state index contributed by atoms with van der Waals surface area (Å²) in [6, 6.07) is 10.5. The number of hydrogen-bond acceptors (Lipinski definition) is 4. The number of hydrogen-bond donors (Lipinski definition) is 0. The quantitative estimate of drug-likeness (QED) is 0.638. The van der Waals surface area contributed by atoms with Crippen molar-refractivity contribution in [3.05, 3.63) is 58.8 Å². The van der Waals surface area contributed by atoms with Crippen LogP contribution in [0.3, 0.4) is 0 Å². The molecule has 0 aliphatic carbocycles. The molecule has 0 spiro atoms. The zero-order valence-corrected chi connectivity index (χ0v) is 15.1. The van der Waals surface area contributed by atoms with Crippen LogP contribution in [0, 0.1) is 0 Å². The van der Waals surface area contributed by atoms with Crippen LogP contribution in [-0.4, -0.2) is 40.0 Å². The van der Waals surface area contributed by atoms with E-state index < -0.39 is 10.9 Å². The van der Waals surface area contributed by atoms with Crippen LogP contribution in [-0.2, 0) is 17.9 Å². The maximum absolute atomic E-state index is 12.9. The summed E-state index contributed by atoms with van der Waals surface area (Å²) in [5.74, 6) is 1.24. The van der Waals surface area contributed by atoms with Crippen LogP contribution in [0.15, 0.2) is 56.8 Å². The standard InChI is InChI=1S/C19H18N2O4S/c1-20-14-6-3-2-5-13(14)16(22)17(19(20)24)26-11-8-21(9-12-26)18(23)15-7-4-10-25-15/h2-7,10H,8-9,11-12H2,1H3. The van der Waals surface area contributed by atoms with Gasteiger partial charge >= 0.3 is 5.56 Å². The number of aryl methyl sites for hydroxylation is 1. The molecule has 1 aliphatic heterocycles. The van der Waals surface area contributed by atoms with Crippen LogP contribution >= 0.6 is 0 Å². The number of amides is 1. The molecule has 4 rings (SSSR count). The summed E-state index contributed by atoms with van der Waals surface area (Å²) in [5, 5.41) is 13.5. The van der Waals surface area contributed by atoms with Gasteiger partial charge in [0.25, 0.3) is 5.91 Å². The number of para-hydroxylation sites is 1. The van der Waals surface area contributed by atoms with Gasteiger partial charge in [0, 0.05) is 17.9 Å². The smallest absolute Gasteiger partial charge is 0.305 e. The average Bonchev–Trinajstić information content (AvgIpc) is 3.21. The zero-order chi connectivity index (χ0) is 18.3. The number of benzene rings is 1. The Morgan fingerprint density at radius 2 is 1.88 bits per heavy atom. The molecule has 1 aromatic carbocycles. The minimum atomic E-state index is -0.452. The molecule has 1 saturated heterocycles. The van der Waals surface area contributed by atoms with E-state index in [0.717, 1.165) is 0 Å². The van der Waals surface area contributed by atoms with Crippen molar-refractivity contribution in [1.82, 2.24) is 9.47 Å². The number of carbonyl (C=O) groups is 1. The summed E-state index contributed by atoms with van der Waals surface area (Å²) in [4.78, 5) is 27.2. The van der Waals surface area contributed by atoms with E-state index in [1.807, 2.05) is 12.1 Å². The fraction of sp³-hybridized carbons (Fsp3) is 0.263. The molecular formula is C19H18N2O4S. The minimum Gasteiger partial charge on any atom is -0.868 e. The van der Waals surface area contributed by atoms with Crippen LogP contribution in [0.4, 0.5) is 0 Å². The van der Waals surface area contributed by atoms with E-state index in [9.17, 15) is 14.7 Å². The molecule has 1 amide bonds. The lowest BCUT2D eigenvalue weighted by Crippen LogP contribution is -2.45. The van der Waals surface area contributed by atoms with E-state index >= 15 is 0 Å². The third kappa shape index (κ3) is 2.68. The van der Waals surface area contributed by atoms with Gasteiger partial charge in [-0.05, 0) is 29.3 Å². The van der Waals surface area contributed by atoms with Gasteiger partial charge in [-0.2, -0.15) is 0 Å². The van der Waals surface area contributed by atoms with Crippen molar-refractivity contribution in [2.75, 3.05) is 24.6 Å². The number of aromatic nitrogens is 1. The van der Waals surface area contributed by atoms with E-state index in [0.29, 0.717) is 46.2 Å². The number of furan rings is 1. The number of carbonyl (C=O) groups excluding carboxylic acids is 1. The van der Waals surface area contributed by atoms with Gasteiger partial charge in [0.15, 0.2) is 5.76 Å². The highest BCUT2D eigenvalue weighted by molar-refractivity contribution is 7.97. The van der Waals surface area contributed by atoms with Crippen molar-refractivity contribution in [1.29, 1.82) is 0 Å². The first-order chi connectivity index (χ1) is 12.6. The normalized spacial score (nSPS) is 15.5. The summed E-state index contributed by atoms with van der Waals surface area (Å²) >= 11 is 0. The SMILES string of the molecule is Cn1c(=O)c([S+]2CCN(C(=O)c3ccco3)CC2)c([O-])c2ccccc21. The van der Waals surface area contributed by atoms with Crippen molar-refractivity contribution in [3.63, 3.8) is 0 Å². The maximum atomic E-state index is 12.9. The Kier molecular flexibility index (Phi) is 4.24. The maximum Gasteiger partial charge on any atom is 0.305 e. The third-order valence-corrected chi connectivity index (χ3v) is 7.03. The van der Waals surface area contributed by atoms with Gasteiger partial charge in [-0.25, -0.2) is 0 Å². The summed E-state index contributed by atoms with van der Waals surface area (Å²) < 4.78 is 6.72. The Bertz CT molecular complexity index is 1020. The van der Waals surface area contributed by atoms with E-state index in [-0.39, 0.29) is 17.2 Å². The second-order valence-electron chi connectivity index (χ2n) is 6.21. The molecule has 0 N–H and O–H groups in total. The molecule has 1 aliphatic rings. The molecule has 3 heterocycles. The molecule has 0 atom stereocenters. The molecule has 7 heteroatoms. The topological polar surface area (TPSA) is 78.5 Å². The second-order valence-corrected chi connectivity index (χ2v) is 8.42. The van der Waals surface area contributed by atoms with Gasteiger partial charge in [0.05, 0.1) is 24.9 Å². The Morgan fingerprint density at radius 3 is 2.58 bits per heavy atom. The molecule has 0 saturated carbocycles. The summed E-state index contributed by atoms with van der Waals surface area (Å²) in [6.07, 6.45) is 1.48. The van der Waals surface area contributed by atoms with E-state index in [2.05, 4.69) is 0 Å². The van der Waals surface area contributed by atoms with Gasteiger partial charge in [-0.15, -0.1) is 0 Å². The molecule has 0 radical (unpaired) electrons. The van der Waals surface area contributed by atoms with Crippen molar-refractivity contribution in [3.8, 4) is 5.75 Å². The third-order valence-electron chi connectivity index (χ3n) is 4.74. The van der Waals surface area contributed by atoms with Crippen molar-refractivity contribution < 1.29 is 14.3 Å². The van der Waals surface area contributed by atoms with Gasteiger partial charge in [0.1, 0.15) is 11.5 Å². The zero-order valence-electron chi connectivity index (χ0n) is 14.3. The summed E-state index contributed by atoms with van der Waals surface area (Å²) in [6.45, 7) is 1.02. The van der Waals surface area contributed by atoms with E-state index in [1.54, 1.807) is 40.8 Å². The number of rotatable bonds is 2. The van der Waals surface area contributed by atoms with Crippen LogP contribution in [0.5, 0.6) is 5.75 Å². The minimum absolute atomic E-state index is 0.146. The molecule has 1 fully saturated rings. The molecule has 6 nitrogen and oxygen atoms in total. The average molecular weight is 370 g/mol. The molecule has 3 aromatic rings.